The minimum Gasteiger partial charge on any atom is -0.394 e. The van der Waals surface area contributed by atoms with Crippen molar-refractivity contribution < 1.29 is 15.0 Å². The second-order valence-electron chi connectivity index (χ2n) is 20.4. The zero-order valence-electron chi connectivity index (χ0n) is 43.4. The lowest BCUT2D eigenvalue weighted by atomic mass is 10.0. The van der Waals surface area contributed by atoms with Crippen molar-refractivity contribution in [2.75, 3.05) is 6.61 Å². The van der Waals surface area contributed by atoms with Gasteiger partial charge in [0.15, 0.2) is 0 Å². The Labute approximate surface area is 397 Å². The number of carbonyl (C=O) groups excluding carboxylic acids is 1. The number of aliphatic hydroxyl groups is 2. The highest BCUT2D eigenvalue weighted by atomic mass is 16.3. The van der Waals surface area contributed by atoms with E-state index in [1.54, 1.807) is 6.08 Å². The second-order valence-corrected chi connectivity index (χ2v) is 20.4. The molecular formula is C59H117NO3. The fourth-order valence-electron chi connectivity index (χ4n) is 9.54. The third kappa shape index (κ3) is 52.0. The van der Waals surface area contributed by atoms with E-state index in [0.29, 0.717) is 6.42 Å². The predicted octanol–water partition coefficient (Wildman–Crippen LogP) is 19.3. The first kappa shape index (κ1) is 62.1. The van der Waals surface area contributed by atoms with E-state index in [4.69, 9.17) is 0 Å². The Morgan fingerprint density at radius 1 is 0.365 bits per heavy atom. The summed E-state index contributed by atoms with van der Waals surface area (Å²) in [4.78, 5) is 12.5. The van der Waals surface area contributed by atoms with Gasteiger partial charge in [0.25, 0.3) is 0 Å². The summed E-state index contributed by atoms with van der Waals surface area (Å²) in [5.74, 6) is -0.0551. The third-order valence-electron chi connectivity index (χ3n) is 14.0. The fraction of sp³-hybridized carbons (Fsp3) is 0.949. The lowest BCUT2D eigenvalue weighted by molar-refractivity contribution is -0.123. The molecule has 1 amide bonds. The van der Waals surface area contributed by atoms with Crippen molar-refractivity contribution in [1.29, 1.82) is 0 Å². The van der Waals surface area contributed by atoms with E-state index in [0.717, 1.165) is 25.7 Å². The van der Waals surface area contributed by atoms with Gasteiger partial charge in [0.2, 0.25) is 5.91 Å². The summed E-state index contributed by atoms with van der Waals surface area (Å²) in [6.07, 6.45) is 72.5. The highest BCUT2D eigenvalue weighted by Crippen LogP contribution is 2.18. The number of nitrogens with one attached hydrogen (secondary N) is 1. The molecule has 0 saturated heterocycles. The van der Waals surface area contributed by atoms with Crippen LogP contribution in [0.2, 0.25) is 0 Å². The SMILES string of the molecule is CCCCCCCCCCCCCCCCCCCCCCCCCCC/C=C/C(O)C(CO)NC(=O)CCCCCCCCCCCCCCCCCCCCCCCCCC. The molecule has 0 aliphatic rings. The second kappa shape index (κ2) is 55.5. The molecule has 0 bridgehead atoms. The minimum atomic E-state index is -0.836. The number of hydrogen-bond donors (Lipinski definition) is 3. The standard InChI is InChI=1S/C59H117NO3/c1-3-5-7-9-11-13-15-17-19-21-23-25-27-29-30-31-32-34-36-38-40-42-44-46-48-50-52-54-58(62)57(56-61)60-59(63)55-53-51-49-47-45-43-41-39-37-35-33-28-26-24-22-20-18-16-14-12-10-8-6-4-2/h52,54,57-58,61-62H,3-51,53,55-56H2,1-2H3,(H,60,63)/b54-52+. The summed E-state index contributed by atoms with van der Waals surface area (Å²) in [6.45, 7) is 4.36. The predicted molar refractivity (Wildman–Crippen MR) is 281 cm³/mol. The van der Waals surface area contributed by atoms with Gasteiger partial charge in [-0.15, -0.1) is 0 Å². The van der Waals surface area contributed by atoms with Crippen molar-refractivity contribution in [3.63, 3.8) is 0 Å². The molecule has 2 unspecified atom stereocenters. The van der Waals surface area contributed by atoms with Crippen molar-refractivity contribution in [2.24, 2.45) is 0 Å². The van der Waals surface area contributed by atoms with E-state index < -0.39 is 12.1 Å². The molecule has 3 N–H and O–H groups in total. The van der Waals surface area contributed by atoms with Gasteiger partial charge < -0.3 is 15.5 Å². The van der Waals surface area contributed by atoms with Gasteiger partial charge in [-0.2, -0.15) is 0 Å². The first-order valence-electron chi connectivity index (χ1n) is 29.4. The normalized spacial score (nSPS) is 12.8. The number of rotatable bonds is 55. The minimum absolute atomic E-state index is 0.0551. The maximum absolute atomic E-state index is 12.5. The van der Waals surface area contributed by atoms with Crippen LogP contribution >= 0.6 is 0 Å². The molecule has 376 valence electrons. The first-order valence-corrected chi connectivity index (χ1v) is 29.4. The fourth-order valence-corrected chi connectivity index (χ4v) is 9.54. The highest BCUT2D eigenvalue weighted by molar-refractivity contribution is 5.76. The molecule has 4 nitrogen and oxygen atoms in total. The van der Waals surface area contributed by atoms with Crippen LogP contribution in [0.15, 0.2) is 12.2 Å². The quantitative estimate of drug-likeness (QED) is 0.0421. The number of aliphatic hydroxyl groups excluding tert-OH is 2. The van der Waals surface area contributed by atoms with Crippen molar-refractivity contribution in [2.45, 2.75) is 353 Å². The van der Waals surface area contributed by atoms with Gasteiger partial charge in [0, 0.05) is 6.42 Å². The molecule has 0 saturated carbocycles. The van der Waals surface area contributed by atoms with Crippen LogP contribution in [0.4, 0.5) is 0 Å². The molecule has 63 heavy (non-hydrogen) atoms. The Kier molecular flexibility index (Phi) is 54.7. The summed E-state index contributed by atoms with van der Waals surface area (Å²) in [5, 5.41) is 23.2. The van der Waals surface area contributed by atoms with E-state index in [-0.39, 0.29) is 12.5 Å². The molecule has 0 aliphatic carbocycles. The Balaban J connectivity index is 3.44. The Hall–Kier alpha value is -0.870. The summed E-state index contributed by atoms with van der Waals surface area (Å²) in [7, 11) is 0. The van der Waals surface area contributed by atoms with Crippen molar-refractivity contribution >= 4 is 5.91 Å². The number of hydrogen-bond acceptors (Lipinski definition) is 3. The molecule has 0 aromatic carbocycles. The molecule has 0 fully saturated rings. The van der Waals surface area contributed by atoms with Crippen LogP contribution in [-0.4, -0.2) is 34.9 Å². The van der Waals surface area contributed by atoms with Crippen molar-refractivity contribution in [3.8, 4) is 0 Å². The van der Waals surface area contributed by atoms with Crippen LogP contribution in [0, 0.1) is 0 Å². The van der Waals surface area contributed by atoms with Crippen LogP contribution in [0.5, 0.6) is 0 Å². The average molecular weight is 889 g/mol. The van der Waals surface area contributed by atoms with Gasteiger partial charge >= 0.3 is 0 Å². The smallest absolute Gasteiger partial charge is 0.220 e. The third-order valence-corrected chi connectivity index (χ3v) is 14.0. The van der Waals surface area contributed by atoms with Crippen LogP contribution < -0.4 is 5.32 Å². The summed E-state index contributed by atoms with van der Waals surface area (Å²) in [6, 6.07) is -0.618. The monoisotopic (exact) mass is 888 g/mol. The Morgan fingerprint density at radius 2 is 0.587 bits per heavy atom. The van der Waals surface area contributed by atoms with Crippen LogP contribution in [-0.2, 0) is 4.79 Å². The van der Waals surface area contributed by atoms with E-state index in [9.17, 15) is 15.0 Å². The van der Waals surface area contributed by atoms with E-state index in [2.05, 4.69) is 19.2 Å². The number of amides is 1. The Bertz CT molecular complexity index is 875. The zero-order chi connectivity index (χ0) is 45.6. The van der Waals surface area contributed by atoms with Crippen molar-refractivity contribution in [1.82, 2.24) is 5.32 Å². The average Bonchev–Trinajstić information content (AvgIpc) is 3.29. The topological polar surface area (TPSA) is 69.6 Å². The molecule has 0 aliphatic heterocycles. The first-order chi connectivity index (χ1) is 31.2. The maximum Gasteiger partial charge on any atom is 0.220 e. The van der Waals surface area contributed by atoms with Gasteiger partial charge in [-0.25, -0.2) is 0 Å². The Morgan fingerprint density at radius 3 is 0.825 bits per heavy atom. The molecule has 0 spiro atoms. The highest BCUT2D eigenvalue weighted by Gasteiger charge is 2.18. The lowest BCUT2D eigenvalue weighted by Gasteiger charge is -2.20. The molecule has 0 radical (unpaired) electrons. The van der Waals surface area contributed by atoms with Gasteiger partial charge in [-0.05, 0) is 19.3 Å². The van der Waals surface area contributed by atoms with Crippen molar-refractivity contribution in [3.05, 3.63) is 12.2 Å². The maximum atomic E-state index is 12.5. The van der Waals surface area contributed by atoms with Gasteiger partial charge in [0.1, 0.15) is 0 Å². The van der Waals surface area contributed by atoms with Gasteiger partial charge in [-0.1, -0.05) is 328 Å². The lowest BCUT2D eigenvalue weighted by Crippen LogP contribution is -2.45. The largest absolute Gasteiger partial charge is 0.394 e. The number of unbranched alkanes of at least 4 members (excludes halogenated alkanes) is 48. The van der Waals surface area contributed by atoms with Crippen LogP contribution in [0.1, 0.15) is 341 Å². The molecule has 2 atom stereocenters. The number of carbonyl (C=O) groups is 1. The van der Waals surface area contributed by atoms with Gasteiger partial charge in [-0.3, -0.25) is 4.79 Å². The van der Waals surface area contributed by atoms with Crippen LogP contribution in [0.25, 0.3) is 0 Å². The molecule has 4 heteroatoms. The van der Waals surface area contributed by atoms with E-state index in [1.165, 1.54) is 295 Å². The molecular weight excluding hydrogens is 771 g/mol. The molecule has 0 aromatic rings. The summed E-state index contributed by atoms with van der Waals surface area (Å²) >= 11 is 0. The molecule has 0 rings (SSSR count). The van der Waals surface area contributed by atoms with Crippen LogP contribution in [0.3, 0.4) is 0 Å². The van der Waals surface area contributed by atoms with Gasteiger partial charge in [0.05, 0.1) is 18.8 Å². The molecule has 0 aromatic heterocycles. The summed E-state index contributed by atoms with van der Waals surface area (Å²) < 4.78 is 0. The van der Waals surface area contributed by atoms with E-state index in [1.807, 2.05) is 6.08 Å². The van der Waals surface area contributed by atoms with E-state index >= 15 is 0 Å². The number of allylic oxidation sites excluding steroid dienone is 1. The molecule has 0 heterocycles. The zero-order valence-corrected chi connectivity index (χ0v) is 43.4. The summed E-state index contributed by atoms with van der Waals surface area (Å²) in [5.41, 5.74) is 0.